The maximum atomic E-state index is 13.2. The van der Waals surface area contributed by atoms with E-state index in [1.165, 1.54) is 11.1 Å². The number of Topliss-reactive ketones (excluding diaryl/α,β-unsaturated/α-hetero) is 2. The summed E-state index contributed by atoms with van der Waals surface area (Å²) >= 11 is 0. The van der Waals surface area contributed by atoms with Crippen molar-refractivity contribution in [2.24, 2.45) is 5.92 Å². The minimum atomic E-state index is -0.185. The van der Waals surface area contributed by atoms with Crippen molar-refractivity contribution in [2.75, 3.05) is 0 Å². The third-order valence-electron chi connectivity index (χ3n) is 5.87. The van der Waals surface area contributed by atoms with Gasteiger partial charge in [0.25, 0.3) is 0 Å². The molecular formula is C27H23NO2. The normalized spacial score (nSPS) is 15.1. The van der Waals surface area contributed by atoms with Crippen molar-refractivity contribution in [3.05, 3.63) is 88.6 Å². The molecular weight excluding hydrogens is 370 g/mol. The van der Waals surface area contributed by atoms with E-state index in [2.05, 4.69) is 43.7 Å². The second-order valence-electron chi connectivity index (χ2n) is 8.56. The lowest BCUT2D eigenvalue weighted by molar-refractivity contribution is 0.0991. The molecule has 4 aromatic rings. The van der Waals surface area contributed by atoms with E-state index in [0.717, 1.165) is 28.3 Å². The number of benzene rings is 3. The van der Waals surface area contributed by atoms with Gasteiger partial charge in [-0.2, -0.15) is 0 Å². The summed E-state index contributed by atoms with van der Waals surface area (Å²) in [4.78, 5) is 26.2. The summed E-state index contributed by atoms with van der Waals surface area (Å²) in [5.74, 6) is 0.194. The number of allylic oxidation sites excluding steroid dienone is 1. The zero-order valence-corrected chi connectivity index (χ0v) is 17.4. The molecule has 0 radical (unpaired) electrons. The molecule has 0 spiro atoms. The number of ketones is 2. The Bertz CT molecular complexity index is 1390. The van der Waals surface area contributed by atoms with Crippen LogP contribution in [0.3, 0.4) is 0 Å². The van der Waals surface area contributed by atoms with Gasteiger partial charge in [-0.3, -0.25) is 9.59 Å². The molecule has 0 saturated carbocycles. The van der Waals surface area contributed by atoms with Crippen LogP contribution >= 0.6 is 0 Å². The molecule has 1 heterocycles. The summed E-state index contributed by atoms with van der Waals surface area (Å²) in [5.41, 5.74) is 4.54. The molecule has 3 aromatic carbocycles. The number of aromatic nitrogens is 1. The van der Waals surface area contributed by atoms with Crippen LogP contribution < -0.4 is 0 Å². The van der Waals surface area contributed by atoms with Gasteiger partial charge in [-0.25, -0.2) is 0 Å². The minimum absolute atomic E-state index is 0.180. The monoisotopic (exact) mass is 393 g/mol. The molecule has 0 bridgehead atoms. The topological polar surface area (TPSA) is 39.1 Å². The van der Waals surface area contributed by atoms with Crippen molar-refractivity contribution < 1.29 is 9.59 Å². The Morgan fingerprint density at radius 1 is 0.933 bits per heavy atom. The van der Waals surface area contributed by atoms with Crippen LogP contribution in [0.2, 0.25) is 0 Å². The van der Waals surface area contributed by atoms with Gasteiger partial charge in [0, 0.05) is 34.8 Å². The Morgan fingerprint density at radius 2 is 1.73 bits per heavy atom. The average molecular weight is 393 g/mol. The number of rotatable bonds is 3. The first-order valence-electron chi connectivity index (χ1n) is 10.4. The summed E-state index contributed by atoms with van der Waals surface area (Å²) in [6.07, 6.45) is 3.92. The first-order chi connectivity index (χ1) is 14.4. The van der Waals surface area contributed by atoms with Gasteiger partial charge in [0.05, 0.1) is 5.57 Å². The molecule has 1 aliphatic rings. The Hall–Kier alpha value is -3.46. The van der Waals surface area contributed by atoms with Crippen LogP contribution in [-0.2, 0) is 6.54 Å². The first kappa shape index (κ1) is 18.6. The Labute approximate surface area is 175 Å². The number of aryl methyl sites for hydroxylation is 1. The molecule has 0 amide bonds. The maximum Gasteiger partial charge on any atom is 0.198 e. The van der Waals surface area contributed by atoms with E-state index in [1.54, 1.807) is 12.1 Å². The number of hydrogen-bond acceptors (Lipinski definition) is 2. The lowest BCUT2D eigenvalue weighted by Crippen LogP contribution is -2.02. The van der Waals surface area contributed by atoms with Gasteiger partial charge in [-0.1, -0.05) is 50.2 Å². The van der Waals surface area contributed by atoms with E-state index in [-0.39, 0.29) is 17.1 Å². The fourth-order valence-electron chi connectivity index (χ4n) is 4.51. The zero-order valence-electron chi connectivity index (χ0n) is 17.4. The molecule has 1 aliphatic carbocycles. The standard InChI is InChI=1S/C27H23NO2/c1-16(2)14-28-15-17(3)22-12-18(8-11-24(22)28)13-23-26(29)21-10-9-19-6-4-5-7-20(19)25(21)27(23)30/h4-13,15-16H,14H2,1-3H3. The third kappa shape index (κ3) is 2.81. The van der Waals surface area contributed by atoms with Crippen molar-refractivity contribution in [2.45, 2.75) is 27.3 Å². The molecule has 0 N–H and O–H groups in total. The van der Waals surface area contributed by atoms with Crippen LogP contribution in [0.4, 0.5) is 0 Å². The SMILES string of the molecule is Cc1cn(CC(C)C)c2ccc(C=C3C(=O)c4ccc5ccccc5c4C3=O)cc12. The van der Waals surface area contributed by atoms with Crippen LogP contribution in [-0.4, -0.2) is 16.1 Å². The fraction of sp³-hybridized carbons (Fsp3) is 0.185. The van der Waals surface area contributed by atoms with Gasteiger partial charge in [0.2, 0.25) is 0 Å². The number of hydrogen-bond donors (Lipinski definition) is 0. The van der Waals surface area contributed by atoms with Crippen LogP contribution in [0, 0.1) is 12.8 Å². The highest BCUT2D eigenvalue weighted by Gasteiger charge is 2.34. The molecule has 3 nitrogen and oxygen atoms in total. The quantitative estimate of drug-likeness (QED) is 0.306. The van der Waals surface area contributed by atoms with E-state index in [4.69, 9.17) is 0 Å². The molecule has 148 valence electrons. The number of carbonyl (C=O) groups excluding carboxylic acids is 2. The number of fused-ring (bicyclic) bond motifs is 4. The predicted molar refractivity (Wildman–Crippen MR) is 122 cm³/mol. The van der Waals surface area contributed by atoms with E-state index in [1.807, 2.05) is 36.4 Å². The minimum Gasteiger partial charge on any atom is -0.347 e. The summed E-state index contributed by atoms with van der Waals surface area (Å²) in [5, 5.41) is 2.97. The van der Waals surface area contributed by atoms with Crippen LogP contribution in [0.15, 0.2) is 66.4 Å². The third-order valence-corrected chi connectivity index (χ3v) is 5.87. The van der Waals surface area contributed by atoms with Crippen molar-refractivity contribution in [3.8, 4) is 0 Å². The molecule has 0 fully saturated rings. The molecule has 0 unspecified atom stereocenters. The Balaban J connectivity index is 1.60. The highest BCUT2D eigenvalue weighted by molar-refractivity contribution is 6.43. The fourth-order valence-corrected chi connectivity index (χ4v) is 4.51. The van der Waals surface area contributed by atoms with Crippen molar-refractivity contribution >= 4 is 39.3 Å². The van der Waals surface area contributed by atoms with Gasteiger partial charge in [0.1, 0.15) is 0 Å². The Kier molecular flexibility index (Phi) is 4.21. The van der Waals surface area contributed by atoms with E-state index >= 15 is 0 Å². The van der Waals surface area contributed by atoms with Gasteiger partial charge in [-0.15, -0.1) is 0 Å². The highest BCUT2D eigenvalue weighted by Crippen LogP contribution is 2.34. The van der Waals surface area contributed by atoms with Gasteiger partial charge in [0.15, 0.2) is 11.6 Å². The molecule has 5 rings (SSSR count). The summed E-state index contributed by atoms with van der Waals surface area (Å²) in [7, 11) is 0. The molecule has 3 heteroatoms. The molecule has 1 aromatic heterocycles. The highest BCUT2D eigenvalue weighted by atomic mass is 16.2. The average Bonchev–Trinajstić information content (AvgIpc) is 3.16. The van der Waals surface area contributed by atoms with Gasteiger partial charge >= 0.3 is 0 Å². The molecule has 30 heavy (non-hydrogen) atoms. The predicted octanol–water partition coefficient (Wildman–Crippen LogP) is 6.22. The van der Waals surface area contributed by atoms with Crippen molar-refractivity contribution in [1.29, 1.82) is 0 Å². The van der Waals surface area contributed by atoms with Gasteiger partial charge < -0.3 is 4.57 Å². The Morgan fingerprint density at radius 3 is 2.53 bits per heavy atom. The largest absolute Gasteiger partial charge is 0.347 e. The van der Waals surface area contributed by atoms with Crippen molar-refractivity contribution in [3.63, 3.8) is 0 Å². The molecule has 0 aliphatic heterocycles. The lowest BCUT2D eigenvalue weighted by atomic mass is 10.0. The van der Waals surface area contributed by atoms with Crippen LogP contribution in [0.5, 0.6) is 0 Å². The second-order valence-corrected chi connectivity index (χ2v) is 8.56. The van der Waals surface area contributed by atoms with E-state index in [9.17, 15) is 9.59 Å². The van der Waals surface area contributed by atoms with E-state index in [0.29, 0.717) is 17.0 Å². The molecule has 0 atom stereocenters. The number of nitrogens with zero attached hydrogens (tertiary/aromatic N) is 1. The second kappa shape index (κ2) is 6.81. The first-order valence-corrected chi connectivity index (χ1v) is 10.4. The summed E-state index contributed by atoms with van der Waals surface area (Å²) in [6, 6.07) is 17.6. The summed E-state index contributed by atoms with van der Waals surface area (Å²) in [6.45, 7) is 7.48. The number of carbonyl (C=O) groups is 2. The lowest BCUT2D eigenvalue weighted by Gasteiger charge is -2.08. The smallest absolute Gasteiger partial charge is 0.198 e. The summed E-state index contributed by atoms with van der Waals surface area (Å²) < 4.78 is 2.28. The van der Waals surface area contributed by atoms with Crippen LogP contribution in [0.1, 0.15) is 45.7 Å². The van der Waals surface area contributed by atoms with Crippen LogP contribution in [0.25, 0.3) is 27.8 Å². The maximum absolute atomic E-state index is 13.2. The van der Waals surface area contributed by atoms with E-state index < -0.39 is 0 Å². The zero-order chi connectivity index (χ0) is 21.0. The van der Waals surface area contributed by atoms with Gasteiger partial charge in [-0.05, 0) is 59.0 Å². The molecule has 0 saturated heterocycles. The van der Waals surface area contributed by atoms with Crippen molar-refractivity contribution in [1.82, 2.24) is 4.57 Å².